The molecule has 0 aliphatic heterocycles. The molecule has 2 aromatic carbocycles. The highest BCUT2D eigenvalue weighted by atomic mass is 16.5. The number of aryl methyl sites for hydroxylation is 1. The molecule has 18 heavy (non-hydrogen) atoms. The lowest BCUT2D eigenvalue weighted by molar-refractivity contribution is 0.459. The van der Waals surface area contributed by atoms with Gasteiger partial charge in [-0.25, -0.2) is 0 Å². The van der Waals surface area contributed by atoms with Gasteiger partial charge in [0.15, 0.2) is 11.4 Å². The average Bonchev–Trinajstić information content (AvgIpc) is 2.75. The number of rotatable bonds is 1. The number of hydrogen-bond donors (Lipinski definition) is 2. The van der Waals surface area contributed by atoms with Gasteiger partial charge in [0.25, 0.3) is 0 Å². The maximum Gasteiger partial charge on any atom is 0.175 e. The van der Waals surface area contributed by atoms with E-state index in [1.807, 2.05) is 43.3 Å². The summed E-state index contributed by atoms with van der Waals surface area (Å²) in [4.78, 5) is 0. The number of benzene rings is 2. The van der Waals surface area contributed by atoms with Gasteiger partial charge in [0, 0.05) is 5.69 Å². The summed E-state index contributed by atoms with van der Waals surface area (Å²) in [5.41, 5.74) is 16.1. The maximum absolute atomic E-state index is 5.88. The number of fused-ring (bicyclic) bond motifs is 1. The minimum Gasteiger partial charge on any atom is -0.399 e. The zero-order valence-corrected chi connectivity index (χ0v) is 9.97. The summed E-state index contributed by atoms with van der Waals surface area (Å²) in [7, 11) is 0. The van der Waals surface area contributed by atoms with E-state index < -0.39 is 0 Å². The molecule has 0 atom stereocenters. The average molecular weight is 239 g/mol. The highest BCUT2D eigenvalue weighted by Gasteiger charge is 2.13. The molecule has 4 N–H and O–H groups in total. The second-order valence-electron chi connectivity index (χ2n) is 4.32. The molecule has 0 unspecified atom stereocenters. The molecule has 4 heteroatoms. The van der Waals surface area contributed by atoms with Crippen molar-refractivity contribution in [1.29, 1.82) is 0 Å². The normalized spacial score (nSPS) is 10.9. The van der Waals surface area contributed by atoms with Crippen LogP contribution in [0.1, 0.15) is 5.56 Å². The van der Waals surface area contributed by atoms with Gasteiger partial charge in [-0.2, -0.15) is 0 Å². The molecule has 0 amide bonds. The lowest BCUT2D eigenvalue weighted by Gasteiger charge is -2.05. The molecule has 1 heterocycles. The Morgan fingerprint density at radius 3 is 2.44 bits per heavy atom. The summed E-state index contributed by atoms with van der Waals surface area (Å²) in [6.07, 6.45) is 0. The van der Waals surface area contributed by atoms with E-state index in [0.29, 0.717) is 5.82 Å². The van der Waals surface area contributed by atoms with Crippen LogP contribution in [-0.2, 0) is 0 Å². The first-order chi connectivity index (χ1) is 8.66. The minimum atomic E-state index is 0.417. The van der Waals surface area contributed by atoms with E-state index in [1.165, 1.54) is 0 Å². The van der Waals surface area contributed by atoms with E-state index in [9.17, 15) is 0 Å². The van der Waals surface area contributed by atoms with Crippen molar-refractivity contribution in [2.45, 2.75) is 6.92 Å². The van der Waals surface area contributed by atoms with Crippen LogP contribution >= 0.6 is 0 Å². The van der Waals surface area contributed by atoms with Gasteiger partial charge in [-0.3, -0.25) is 0 Å². The predicted molar refractivity (Wildman–Crippen MR) is 73.0 cm³/mol. The lowest BCUT2D eigenvalue weighted by atomic mass is 9.99. The minimum absolute atomic E-state index is 0.417. The summed E-state index contributed by atoms with van der Waals surface area (Å²) < 4.78 is 5.27. The molecule has 0 bridgehead atoms. The Bertz CT molecular complexity index is 714. The first-order valence-electron chi connectivity index (χ1n) is 5.67. The molecule has 0 saturated carbocycles. The summed E-state index contributed by atoms with van der Waals surface area (Å²) in [6, 6.07) is 11.7. The van der Waals surface area contributed by atoms with Gasteiger partial charge in [0.05, 0.1) is 5.39 Å². The fourth-order valence-corrected chi connectivity index (χ4v) is 2.10. The number of aromatic nitrogens is 1. The zero-order chi connectivity index (χ0) is 12.7. The quantitative estimate of drug-likeness (QED) is 0.640. The van der Waals surface area contributed by atoms with Crippen molar-refractivity contribution in [1.82, 2.24) is 5.16 Å². The van der Waals surface area contributed by atoms with E-state index in [2.05, 4.69) is 5.16 Å². The van der Waals surface area contributed by atoms with Crippen LogP contribution < -0.4 is 11.5 Å². The van der Waals surface area contributed by atoms with Gasteiger partial charge in [-0.05, 0) is 35.7 Å². The largest absolute Gasteiger partial charge is 0.399 e. The van der Waals surface area contributed by atoms with Gasteiger partial charge in [-0.1, -0.05) is 29.4 Å². The van der Waals surface area contributed by atoms with Gasteiger partial charge in [0.1, 0.15) is 0 Å². The Balaban J connectivity index is 2.32. The van der Waals surface area contributed by atoms with Crippen LogP contribution in [0.3, 0.4) is 0 Å². The highest BCUT2D eigenvalue weighted by molar-refractivity contribution is 6.01. The Kier molecular flexibility index (Phi) is 2.23. The predicted octanol–water partition coefficient (Wildman–Crippen LogP) is 2.97. The Morgan fingerprint density at radius 2 is 1.72 bits per heavy atom. The number of nitrogens with zero attached hydrogens (tertiary/aromatic N) is 1. The van der Waals surface area contributed by atoms with Crippen molar-refractivity contribution < 1.29 is 4.52 Å². The first kappa shape index (κ1) is 10.7. The lowest BCUT2D eigenvalue weighted by Crippen LogP contribution is -1.88. The van der Waals surface area contributed by atoms with Crippen molar-refractivity contribution in [2.24, 2.45) is 0 Å². The van der Waals surface area contributed by atoms with Crippen LogP contribution in [0.2, 0.25) is 0 Å². The Labute approximate surface area is 104 Å². The molecular weight excluding hydrogens is 226 g/mol. The van der Waals surface area contributed by atoms with E-state index in [-0.39, 0.29) is 0 Å². The molecule has 0 aliphatic carbocycles. The SMILES string of the molecule is Cc1ccc(-c2ccc(N)cc2)c2c(N)noc12. The maximum atomic E-state index is 5.88. The van der Waals surface area contributed by atoms with E-state index in [4.69, 9.17) is 16.0 Å². The van der Waals surface area contributed by atoms with Crippen LogP contribution in [0.5, 0.6) is 0 Å². The van der Waals surface area contributed by atoms with Crippen LogP contribution in [0.25, 0.3) is 22.1 Å². The van der Waals surface area contributed by atoms with Crippen molar-refractivity contribution in [3.05, 3.63) is 42.0 Å². The van der Waals surface area contributed by atoms with Crippen molar-refractivity contribution >= 4 is 22.5 Å². The second kappa shape index (κ2) is 3.77. The summed E-state index contributed by atoms with van der Waals surface area (Å²) in [5.74, 6) is 0.417. The monoisotopic (exact) mass is 239 g/mol. The number of hydrogen-bond acceptors (Lipinski definition) is 4. The van der Waals surface area contributed by atoms with Crippen LogP contribution in [0, 0.1) is 6.92 Å². The Morgan fingerprint density at radius 1 is 1.00 bits per heavy atom. The molecule has 0 fully saturated rings. The fraction of sp³-hybridized carbons (Fsp3) is 0.0714. The van der Waals surface area contributed by atoms with Gasteiger partial charge in [0.2, 0.25) is 0 Å². The summed E-state index contributed by atoms with van der Waals surface area (Å²) in [5, 5.41) is 4.70. The topological polar surface area (TPSA) is 78.1 Å². The van der Waals surface area contributed by atoms with E-state index in [1.54, 1.807) is 0 Å². The van der Waals surface area contributed by atoms with Crippen LogP contribution in [-0.4, -0.2) is 5.16 Å². The molecule has 90 valence electrons. The third-order valence-corrected chi connectivity index (χ3v) is 3.07. The molecule has 3 aromatic rings. The molecule has 4 nitrogen and oxygen atoms in total. The third kappa shape index (κ3) is 1.50. The molecule has 0 saturated heterocycles. The van der Waals surface area contributed by atoms with Crippen LogP contribution in [0.15, 0.2) is 40.9 Å². The summed E-state index contributed by atoms with van der Waals surface area (Å²) in [6.45, 7) is 1.97. The van der Waals surface area contributed by atoms with Crippen LogP contribution in [0.4, 0.5) is 11.5 Å². The number of nitrogens with two attached hydrogens (primary N) is 2. The first-order valence-corrected chi connectivity index (χ1v) is 5.67. The zero-order valence-electron chi connectivity index (χ0n) is 9.97. The molecule has 0 radical (unpaired) electrons. The van der Waals surface area contributed by atoms with Gasteiger partial charge >= 0.3 is 0 Å². The molecule has 1 aromatic heterocycles. The molecule has 3 rings (SSSR count). The van der Waals surface area contributed by atoms with Gasteiger partial charge in [-0.15, -0.1) is 0 Å². The highest BCUT2D eigenvalue weighted by Crippen LogP contribution is 2.34. The molecule has 0 spiro atoms. The summed E-state index contributed by atoms with van der Waals surface area (Å²) >= 11 is 0. The number of nitrogen functional groups attached to an aromatic ring is 2. The third-order valence-electron chi connectivity index (χ3n) is 3.07. The molecular formula is C14H13N3O. The Hall–Kier alpha value is -2.49. The standard InChI is InChI=1S/C14H13N3O/c1-8-2-7-11(9-3-5-10(15)6-4-9)12-13(8)18-17-14(12)16/h2-7H,15H2,1H3,(H2,16,17). The van der Waals surface area contributed by atoms with E-state index in [0.717, 1.165) is 33.3 Å². The number of anilines is 2. The van der Waals surface area contributed by atoms with Crippen molar-refractivity contribution in [2.75, 3.05) is 11.5 Å². The van der Waals surface area contributed by atoms with E-state index >= 15 is 0 Å². The second-order valence-corrected chi connectivity index (χ2v) is 4.32. The van der Waals surface area contributed by atoms with Gasteiger partial charge < -0.3 is 16.0 Å². The molecule has 0 aliphatic rings. The smallest absolute Gasteiger partial charge is 0.175 e. The fourth-order valence-electron chi connectivity index (χ4n) is 2.10. The van der Waals surface area contributed by atoms with Crippen molar-refractivity contribution in [3.8, 4) is 11.1 Å². The van der Waals surface area contributed by atoms with Crippen molar-refractivity contribution in [3.63, 3.8) is 0 Å².